The van der Waals surface area contributed by atoms with Crippen molar-refractivity contribution in [2.45, 2.75) is 412 Å². The molecule has 0 saturated heterocycles. The Morgan fingerprint density at radius 2 is 0.625 bits per heavy atom. The summed E-state index contributed by atoms with van der Waals surface area (Å²) >= 11 is 0. The second kappa shape index (κ2) is 74.0. The Balaban J connectivity index is 3.75. The molecule has 9 nitrogen and oxygen atoms in total. The van der Waals surface area contributed by atoms with Gasteiger partial charge >= 0.3 is 19.8 Å². The van der Waals surface area contributed by atoms with Gasteiger partial charge in [0.15, 0.2) is 6.10 Å². The van der Waals surface area contributed by atoms with Gasteiger partial charge in [-0.1, -0.05) is 390 Å². The molecule has 0 rings (SSSR count). The summed E-state index contributed by atoms with van der Waals surface area (Å²) in [5, 5.41) is 0. The van der Waals surface area contributed by atoms with Gasteiger partial charge in [-0.15, -0.1) is 0 Å². The van der Waals surface area contributed by atoms with Crippen LogP contribution in [-0.4, -0.2) is 49.3 Å². The highest BCUT2D eigenvalue weighted by Crippen LogP contribution is 2.43. The van der Waals surface area contributed by atoms with Gasteiger partial charge in [0.25, 0.3) is 0 Å². The topological polar surface area (TPSA) is 134 Å². The Hall–Kier alpha value is -2.03. The first kappa shape index (κ1) is 86.0. The maximum absolute atomic E-state index is 12.8. The van der Waals surface area contributed by atoms with Gasteiger partial charge in [-0.25, -0.2) is 4.57 Å². The molecule has 88 heavy (non-hydrogen) atoms. The van der Waals surface area contributed by atoms with Crippen LogP contribution in [-0.2, 0) is 32.7 Å². The van der Waals surface area contributed by atoms with E-state index < -0.39 is 26.5 Å². The van der Waals surface area contributed by atoms with Crippen molar-refractivity contribution in [1.82, 2.24) is 0 Å². The first-order valence-electron chi connectivity index (χ1n) is 38.6. The van der Waals surface area contributed by atoms with E-state index in [0.717, 1.165) is 57.8 Å². The molecule has 0 radical (unpaired) electrons. The molecule has 0 fully saturated rings. The Bertz CT molecular complexity index is 1580. The average Bonchev–Trinajstić information content (AvgIpc) is 3.71. The van der Waals surface area contributed by atoms with E-state index in [9.17, 15) is 19.0 Å². The molecule has 0 amide bonds. The van der Waals surface area contributed by atoms with Crippen LogP contribution in [0.4, 0.5) is 0 Å². The number of unbranched alkanes of at least 4 members (excludes halogenated alkanes) is 53. The molecule has 0 aromatic heterocycles. The highest BCUT2D eigenvalue weighted by Gasteiger charge is 2.26. The lowest BCUT2D eigenvalue weighted by atomic mass is 10.0. The van der Waals surface area contributed by atoms with E-state index in [-0.39, 0.29) is 38.6 Å². The molecular weight excluding hydrogens is 1110 g/mol. The van der Waals surface area contributed by atoms with Crippen LogP contribution in [0.15, 0.2) is 48.6 Å². The molecule has 0 aliphatic heterocycles. The molecule has 518 valence electrons. The third kappa shape index (κ3) is 73.0. The summed E-state index contributed by atoms with van der Waals surface area (Å²) in [4.78, 5) is 35.4. The smallest absolute Gasteiger partial charge is 0.462 e. The number of nitrogens with two attached hydrogens (primary N) is 1. The molecular formula is C78H148NO8P. The zero-order valence-corrected chi connectivity index (χ0v) is 59.4. The molecule has 2 atom stereocenters. The van der Waals surface area contributed by atoms with Crippen LogP contribution < -0.4 is 5.73 Å². The third-order valence-corrected chi connectivity index (χ3v) is 18.5. The summed E-state index contributed by atoms with van der Waals surface area (Å²) in [6.07, 6.45) is 95.4. The highest BCUT2D eigenvalue weighted by molar-refractivity contribution is 7.47. The normalized spacial score (nSPS) is 13.1. The molecule has 10 heteroatoms. The zero-order valence-electron chi connectivity index (χ0n) is 58.5. The monoisotopic (exact) mass is 1260 g/mol. The summed E-state index contributed by atoms with van der Waals surface area (Å²) in [7, 11) is -4.39. The van der Waals surface area contributed by atoms with Crippen molar-refractivity contribution >= 4 is 19.8 Å². The number of hydrogen-bond acceptors (Lipinski definition) is 8. The number of ether oxygens (including phenoxy) is 2. The van der Waals surface area contributed by atoms with Gasteiger partial charge in [-0.05, 0) is 51.4 Å². The standard InChI is InChI=1S/C78H148NO8P/c1-3-5-7-9-11-13-15-17-19-21-23-25-27-29-31-33-34-35-36-37-38-39-40-41-42-43-45-47-49-51-53-55-57-59-61-63-65-67-69-71-78(81)87-76(75-86-88(82,83)85-73-72-79)74-84-77(80)70-68-66-64-62-60-58-56-54-52-50-48-46-44-32-30-28-26-24-22-20-18-16-14-12-10-8-6-4-2/h5,7,11,13,17,19,23,25,76H,3-4,6,8-10,12,14-16,18,20-22,24,26-75,79H2,1-2H3,(H,82,83)/b7-5-,13-11-,19-17-,25-23-. The zero-order chi connectivity index (χ0) is 63.7. The average molecular weight is 1260 g/mol. The Kier molecular flexibility index (Phi) is 72.3. The molecule has 0 spiro atoms. The fraction of sp³-hybridized carbons (Fsp3) is 0.872. The van der Waals surface area contributed by atoms with Crippen LogP contribution in [0.5, 0.6) is 0 Å². The van der Waals surface area contributed by atoms with Crippen molar-refractivity contribution in [3.8, 4) is 0 Å². The summed E-state index contributed by atoms with van der Waals surface area (Å²) in [5.41, 5.74) is 5.41. The SMILES string of the molecule is CC/C=C\C/C=C\C/C=C\C/C=C\CCCCCCCCCCCCCCCCCCCCCCCCCCCCC(=O)OC(COC(=O)CCCCCCCCCCCCCCCCCCCCCCCCCCCCCC)COP(=O)(O)OCCN. The maximum atomic E-state index is 12.8. The largest absolute Gasteiger partial charge is 0.472 e. The van der Waals surface area contributed by atoms with E-state index in [2.05, 4.69) is 62.5 Å². The second-order valence-corrected chi connectivity index (χ2v) is 27.7. The minimum atomic E-state index is -4.39. The fourth-order valence-electron chi connectivity index (χ4n) is 11.8. The van der Waals surface area contributed by atoms with Crippen molar-refractivity contribution < 1.29 is 37.6 Å². The number of esters is 2. The lowest BCUT2D eigenvalue weighted by Crippen LogP contribution is -2.29. The number of carbonyl (C=O) groups excluding carboxylic acids is 2. The quantitative estimate of drug-likeness (QED) is 0.0264. The van der Waals surface area contributed by atoms with Gasteiger partial charge in [-0.2, -0.15) is 0 Å². The Labute approximate surface area is 547 Å². The van der Waals surface area contributed by atoms with Crippen LogP contribution in [0.25, 0.3) is 0 Å². The Morgan fingerprint density at radius 1 is 0.352 bits per heavy atom. The fourth-order valence-corrected chi connectivity index (χ4v) is 12.6. The predicted molar refractivity (Wildman–Crippen MR) is 381 cm³/mol. The summed E-state index contributed by atoms with van der Waals surface area (Å²) in [6.45, 7) is 3.72. The van der Waals surface area contributed by atoms with Crippen molar-refractivity contribution in [3.63, 3.8) is 0 Å². The number of rotatable bonds is 74. The highest BCUT2D eigenvalue weighted by atomic mass is 31.2. The van der Waals surface area contributed by atoms with Crippen LogP contribution >= 0.6 is 7.82 Å². The van der Waals surface area contributed by atoms with Gasteiger partial charge in [-0.3, -0.25) is 18.6 Å². The van der Waals surface area contributed by atoms with E-state index in [1.54, 1.807) is 0 Å². The molecule has 0 aliphatic rings. The van der Waals surface area contributed by atoms with Crippen LogP contribution in [0.2, 0.25) is 0 Å². The molecule has 3 N–H and O–H groups in total. The molecule has 0 aliphatic carbocycles. The van der Waals surface area contributed by atoms with E-state index in [0.29, 0.717) is 6.42 Å². The molecule has 0 aromatic carbocycles. The third-order valence-electron chi connectivity index (χ3n) is 17.5. The van der Waals surface area contributed by atoms with Crippen molar-refractivity contribution in [1.29, 1.82) is 0 Å². The van der Waals surface area contributed by atoms with Crippen molar-refractivity contribution in [2.24, 2.45) is 5.73 Å². The molecule has 2 unspecified atom stereocenters. The van der Waals surface area contributed by atoms with E-state index in [1.807, 2.05) is 0 Å². The summed E-state index contributed by atoms with van der Waals surface area (Å²) in [6, 6.07) is 0. The molecule has 0 heterocycles. The number of hydrogen-bond donors (Lipinski definition) is 2. The van der Waals surface area contributed by atoms with E-state index in [1.165, 1.54) is 315 Å². The summed E-state index contributed by atoms with van der Waals surface area (Å²) < 4.78 is 33.3. The van der Waals surface area contributed by atoms with E-state index >= 15 is 0 Å². The Morgan fingerprint density at radius 3 is 0.932 bits per heavy atom. The maximum Gasteiger partial charge on any atom is 0.472 e. The number of carbonyl (C=O) groups is 2. The van der Waals surface area contributed by atoms with Crippen LogP contribution in [0.1, 0.15) is 406 Å². The van der Waals surface area contributed by atoms with Crippen molar-refractivity contribution in [3.05, 3.63) is 48.6 Å². The van der Waals surface area contributed by atoms with Gasteiger partial charge in [0.2, 0.25) is 0 Å². The minimum absolute atomic E-state index is 0.0567. The van der Waals surface area contributed by atoms with E-state index in [4.69, 9.17) is 24.3 Å². The lowest BCUT2D eigenvalue weighted by molar-refractivity contribution is -0.161. The second-order valence-electron chi connectivity index (χ2n) is 26.2. The van der Waals surface area contributed by atoms with Crippen LogP contribution in [0, 0.1) is 0 Å². The van der Waals surface area contributed by atoms with Crippen LogP contribution in [0.3, 0.4) is 0 Å². The molecule has 0 bridgehead atoms. The molecule has 0 aromatic rings. The number of phosphoric ester groups is 1. The van der Waals surface area contributed by atoms with Gasteiger partial charge in [0.05, 0.1) is 13.2 Å². The molecule has 0 saturated carbocycles. The van der Waals surface area contributed by atoms with Gasteiger partial charge in [0, 0.05) is 19.4 Å². The first-order valence-corrected chi connectivity index (χ1v) is 40.1. The minimum Gasteiger partial charge on any atom is -0.462 e. The predicted octanol–water partition coefficient (Wildman–Crippen LogP) is 25.6. The van der Waals surface area contributed by atoms with Crippen molar-refractivity contribution in [2.75, 3.05) is 26.4 Å². The lowest BCUT2D eigenvalue weighted by Gasteiger charge is -2.19. The van der Waals surface area contributed by atoms with Gasteiger partial charge in [0.1, 0.15) is 6.61 Å². The van der Waals surface area contributed by atoms with Gasteiger partial charge < -0.3 is 20.1 Å². The number of allylic oxidation sites excluding steroid dienone is 8. The first-order chi connectivity index (χ1) is 43.3. The number of phosphoric acid groups is 1. The summed E-state index contributed by atoms with van der Waals surface area (Å²) in [5.74, 6) is -0.800.